The number of benzene rings is 1. The van der Waals surface area contributed by atoms with Crippen LogP contribution in [0.15, 0.2) is 18.2 Å². The summed E-state index contributed by atoms with van der Waals surface area (Å²) < 4.78 is 9.76. The lowest BCUT2D eigenvalue weighted by atomic mass is 10.3. The van der Waals surface area contributed by atoms with Gasteiger partial charge in [-0.05, 0) is 79.7 Å². The number of rotatable bonds is 6. The first-order chi connectivity index (χ1) is 9.08. The molecule has 2 rings (SSSR count). The molecule has 0 spiro atoms. The average Bonchev–Trinajstić information content (AvgIpc) is 2.64. The maximum absolute atomic E-state index is 5.55. The number of hydrogen-bond acceptors (Lipinski definition) is 2. The first-order valence-corrected chi connectivity index (χ1v) is 8.06. The van der Waals surface area contributed by atoms with Gasteiger partial charge in [0, 0.05) is 16.7 Å². The molecular formula is C14H19IN2OS. The van der Waals surface area contributed by atoms with E-state index in [0.29, 0.717) is 6.10 Å². The topological polar surface area (TPSA) is 29.9 Å². The van der Waals surface area contributed by atoms with E-state index >= 15 is 0 Å². The molecule has 2 aromatic rings. The summed E-state index contributed by atoms with van der Waals surface area (Å²) in [4.78, 5) is 3.27. The number of nitrogens with one attached hydrogen (secondary N) is 1. The molecule has 0 aliphatic rings. The van der Waals surface area contributed by atoms with E-state index < -0.39 is 0 Å². The summed E-state index contributed by atoms with van der Waals surface area (Å²) in [6, 6.07) is 6.38. The Balaban J connectivity index is 2.00. The van der Waals surface area contributed by atoms with Gasteiger partial charge in [0.2, 0.25) is 0 Å². The van der Waals surface area contributed by atoms with Gasteiger partial charge in [-0.2, -0.15) is 0 Å². The largest absolute Gasteiger partial charge is 0.379 e. The van der Waals surface area contributed by atoms with Crippen molar-refractivity contribution in [3.05, 3.63) is 26.5 Å². The molecule has 0 aliphatic carbocycles. The van der Waals surface area contributed by atoms with Crippen LogP contribution in [0.25, 0.3) is 11.0 Å². The number of hydrogen-bond donors (Lipinski definition) is 1. The van der Waals surface area contributed by atoms with Crippen LogP contribution < -0.4 is 0 Å². The molecule has 19 heavy (non-hydrogen) atoms. The lowest BCUT2D eigenvalue weighted by Crippen LogP contribution is -2.05. The maximum Gasteiger partial charge on any atom is 0.178 e. The number of imidazole rings is 1. The third-order valence-corrected chi connectivity index (χ3v) is 3.96. The Labute approximate surface area is 132 Å². The van der Waals surface area contributed by atoms with Gasteiger partial charge in [0.25, 0.3) is 0 Å². The molecule has 0 saturated carbocycles. The van der Waals surface area contributed by atoms with E-state index in [1.165, 1.54) is 9.09 Å². The Morgan fingerprint density at radius 2 is 2.16 bits per heavy atom. The van der Waals surface area contributed by atoms with Gasteiger partial charge < -0.3 is 14.3 Å². The number of ether oxygens (including phenoxy) is 1. The van der Waals surface area contributed by atoms with E-state index in [0.717, 1.165) is 36.3 Å². The summed E-state index contributed by atoms with van der Waals surface area (Å²) in [6.45, 7) is 5.90. The van der Waals surface area contributed by atoms with E-state index in [1.807, 2.05) is 0 Å². The molecule has 0 saturated heterocycles. The van der Waals surface area contributed by atoms with Crippen LogP contribution in [0.2, 0.25) is 0 Å². The van der Waals surface area contributed by atoms with Gasteiger partial charge in [-0.1, -0.05) is 0 Å². The number of H-pyrrole nitrogens is 1. The zero-order valence-corrected chi connectivity index (χ0v) is 14.3. The smallest absolute Gasteiger partial charge is 0.178 e. The number of nitrogens with zero attached hydrogens (tertiary/aromatic N) is 1. The van der Waals surface area contributed by atoms with Crippen molar-refractivity contribution in [1.29, 1.82) is 0 Å². The molecule has 104 valence electrons. The van der Waals surface area contributed by atoms with Crippen LogP contribution in [0.3, 0.4) is 0 Å². The van der Waals surface area contributed by atoms with E-state index in [-0.39, 0.29) is 0 Å². The molecule has 0 fully saturated rings. The number of aromatic nitrogens is 2. The van der Waals surface area contributed by atoms with E-state index in [9.17, 15) is 0 Å². The molecule has 0 unspecified atom stereocenters. The van der Waals surface area contributed by atoms with Crippen LogP contribution >= 0.6 is 34.8 Å². The summed E-state index contributed by atoms with van der Waals surface area (Å²) in [7, 11) is 0. The Hall–Kier alpha value is -0.400. The van der Waals surface area contributed by atoms with Crippen LogP contribution in [-0.2, 0) is 11.3 Å². The fraction of sp³-hybridized carbons (Fsp3) is 0.500. The van der Waals surface area contributed by atoms with Gasteiger partial charge >= 0.3 is 0 Å². The third kappa shape index (κ3) is 4.03. The third-order valence-electron chi connectivity index (χ3n) is 2.96. The lowest BCUT2D eigenvalue weighted by Gasteiger charge is -2.08. The lowest BCUT2D eigenvalue weighted by molar-refractivity contribution is 0.0755. The molecule has 0 aliphatic heterocycles. The highest BCUT2D eigenvalue weighted by molar-refractivity contribution is 14.1. The van der Waals surface area contributed by atoms with Gasteiger partial charge in [0.15, 0.2) is 4.77 Å². The second-order valence-electron chi connectivity index (χ2n) is 4.87. The summed E-state index contributed by atoms with van der Waals surface area (Å²) in [5, 5.41) is 0. The molecule has 0 radical (unpaired) electrons. The normalized spacial score (nSPS) is 11.6. The van der Waals surface area contributed by atoms with Crippen molar-refractivity contribution in [3.63, 3.8) is 0 Å². The zero-order valence-electron chi connectivity index (χ0n) is 11.3. The van der Waals surface area contributed by atoms with Crippen molar-refractivity contribution in [1.82, 2.24) is 9.55 Å². The molecule has 1 N–H and O–H groups in total. The number of aromatic amines is 1. The maximum atomic E-state index is 5.55. The summed E-state index contributed by atoms with van der Waals surface area (Å²) in [5.41, 5.74) is 2.31. The molecule has 0 bridgehead atoms. The number of aryl methyl sites for hydroxylation is 1. The molecule has 1 aromatic carbocycles. The molecule has 3 nitrogen and oxygen atoms in total. The SMILES string of the molecule is CC(C)OCCCCn1c(=S)[nH]c2cc(I)ccc21. The van der Waals surface area contributed by atoms with Gasteiger partial charge in [0.1, 0.15) is 0 Å². The Kier molecular flexibility index (Phi) is 5.41. The fourth-order valence-corrected chi connectivity index (χ4v) is 2.84. The van der Waals surface area contributed by atoms with Crippen molar-refractivity contribution in [2.75, 3.05) is 6.61 Å². The van der Waals surface area contributed by atoms with Crippen molar-refractivity contribution in [2.24, 2.45) is 0 Å². The molecular weight excluding hydrogens is 371 g/mol. The summed E-state index contributed by atoms with van der Waals surface area (Å²) in [6.07, 6.45) is 2.47. The van der Waals surface area contributed by atoms with Crippen LogP contribution in [0.5, 0.6) is 0 Å². The van der Waals surface area contributed by atoms with Gasteiger partial charge in [-0.15, -0.1) is 0 Å². The number of halogens is 1. The van der Waals surface area contributed by atoms with E-state index in [4.69, 9.17) is 17.0 Å². The molecule has 0 atom stereocenters. The first kappa shape index (κ1) is 15.0. The predicted molar refractivity (Wildman–Crippen MR) is 90.2 cm³/mol. The highest BCUT2D eigenvalue weighted by Gasteiger charge is 2.04. The number of unbranched alkanes of at least 4 members (excludes halogenated alkanes) is 1. The molecule has 0 amide bonds. The van der Waals surface area contributed by atoms with Gasteiger partial charge in [0.05, 0.1) is 17.1 Å². The molecule has 5 heteroatoms. The minimum Gasteiger partial charge on any atom is -0.379 e. The molecule has 1 aromatic heterocycles. The van der Waals surface area contributed by atoms with Crippen LogP contribution in [0, 0.1) is 8.34 Å². The summed E-state index contributed by atoms with van der Waals surface area (Å²) in [5.74, 6) is 0. The van der Waals surface area contributed by atoms with Crippen LogP contribution in [-0.4, -0.2) is 22.3 Å². The van der Waals surface area contributed by atoms with Crippen molar-refractivity contribution >= 4 is 45.8 Å². The Bertz CT molecular complexity index is 603. The van der Waals surface area contributed by atoms with Crippen molar-refractivity contribution < 1.29 is 4.74 Å². The summed E-state index contributed by atoms with van der Waals surface area (Å²) >= 11 is 7.70. The Morgan fingerprint density at radius 1 is 1.37 bits per heavy atom. The van der Waals surface area contributed by atoms with Crippen molar-refractivity contribution in [3.8, 4) is 0 Å². The minimum absolute atomic E-state index is 0.317. The Morgan fingerprint density at radius 3 is 2.89 bits per heavy atom. The highest BCUT2D eigenvalue weighted by Crippen LogP contribution is 2.18. The van der Waals surface area contributed by atoms with Crippen LogP contribution in [0.1, 0.15) is 26.7 Å². The van der Waals surface area contributed by atoms with Gasteiger partial charge in [-0.3, -0.25) is 0 Å². The standard InChI is InChI=1S/C14H19IN2OS/c1-10(2)18-8-4-3-7-17-13-6-5-11(15)9-12(13)16-14(17)19/h5-6,9-10H,3-4,7-8H2,1-2H3,(H,16,19). The van der Waals surface area contributed by atoms with E-state index in [1.54, 1.807) is 0 Å². The monoisotopic (exact) mass is 390 g/mol. The van der Waals surface area contributed by atoms with Crippen molar-refractivity contribution in [2.45, 2.75) is 39.3 Å². The number of fused-ring (bicyclic) bond motifs is 1. The zero-order chi connectivity index (χ0) is 13.8. The minimum atomic E-state index is 0.317. The predicted octanol–water partition coefficient (Wildman–Crippen LogP) is 4.51. The highest BCUT2D eigenvalue weighted by atomic mass is 127. The second kappa shape index (κ2) is 6.85. The van der Waals surface area contributed by atoms with E-state index in [2.05, 4.69) is 64.2 Å². The molecule has 1 heterocycles. The first-order valence-electron chi connectivity index (χ1n) is 6.57. The fourth-order valence-electron chi connectivity index (χ4n) is 2.05. The quantitative estimate of drug-likeness (QED) is 0.447. The average molecular weight is 390 g/mol. The second-order valence-corrected chi connectivity index (χ2v) is 6.50. The van der Waals surface area contributed by atoms with Crippen LogP contribution in [0.4, 0.5) is 0 Å². The van der Waals surface area contributed by atoms with Gasteiger partial charge in [-0.25, -0.2) is 0 Å².